The minimum Gasteiger partial charge on any atom is -0.354 e. The van der Waals surface area contributed by atoms with Crippen molar-refractivity contribution in [2.75, 3.05) is 6.54 Å². The number of hydrogen-bond donors (Lipinski definition) is 2. The molecule has 0 bridgehead atoms. The van der Waals surface area contributed by atoms with Crippen LogP contribution in [0.4, 0.5) is 5.69 Å². The SMILES string of the molecule is CCCNC(=O)[C@H](C)NC(=O)c1ccc([N+](=O)[O-])c(C)c1. The predicted molar refractivity (Wildman–Crippen MR) is 78.1 cm³/mol. The Bertz CT molecular complexity index is 557. The normalized spacial score (nSPS) is 11.6. The van der Waals surface area contributed by atoms with Crippen LogP contribution < -0.4 is 10.6 Å². The molecule has 0 saturated heterocycles. The maximum atomic E-state index is 12.0. The van der Waals surface area contributed by atoms with E-state index in [2.05, 4.69) is 10.6 Å². The van der Waals surface area contributed by atoms with Crippen LogP contribution in [0.2, 0.25) is 0 Å². The Morgan fingerprint density at radius 2 is 2.05 bits per heavy atom. The second kappa shape index (κ2) is 7.37. The van der Waals surface area contributed by atoms with E-state index in [0.29, 0.717) is 12.1 Å². The molecular weight excluding hydrogens is 274 g/mol. The van der Waals surface area contributed by atoms with E-state index in [1.54, 1.807) is 13.8 Å². The van der Waals surface area contributed by atoms with E-state index < -0.39 is 16.9 Å². The summed E-state index contributed by atoms with van der Waals surface area (Å²) in [6.45, 7) is 5.63. The van der Waals surface area contributed by atoms with Gasteiger partial charge in [0, 0.05) is 23.7 Å². The number of nitro benzene ring substituents is 1. The lowest BCUT2D eigenvalue weighted by atomic mass is 10.1. The van der Waals surface area contributed by atoms with Gasteiger partial charge in [0.15, 0.2) is 0 Å². The number of nitrogens with one attached hydrogen (secondary N) is 2. The third kappa shape index (κ3) is 4.55. The van der Waals surface area contributed by atoms with Crippen molar-refractivity contribution >= 4 is 17.5 Å². The van der Waals surface area contributed by atoms with Crippen LogP contribution in [0.25, 0.3) is 0 Å². The van der Waals surface area contributed by atoms with Crippen LogP contribution in [0.3, 0.4) is 0 Å². The molecule has 7 heteroatoms. The Kier molecular flexibility index (Phi) is 5.83. The first-order valence-electron chi connectivity index (χ1n) is 6.70. The number of nitro groups is 1. The summed E-state index contributed by atoms with van der Waals surface area (Å²) < 4.78 is 0. The monoisotopic (exact) mass is 293 g/mol. The molecule has 21 heavy (non-hydrogen) atoms. The lowest BCUT2D eigenvalue weighted by Gasteiger charge is -2.14. The zero-order valence-electron chi connectivity index (χ0n) is 12.3. The molecule has 0 aliphatic carbocycles. The summed E-state index contributed by atoms with van der Waals surface area (Å²) in [4.78, 5) is 33.9. The fraction of sp³-hybridized carbons (Fsp3) is 0.429. The van der Waals surface area contributed by atoms with Gasteiger partial charge in [-0.1, -0.05) is 6.92 Å². The fourth-order valence-corrected chi connectivity index (χ4v) is 1.75. The van der Waals surface area contributed by atoms with Gasteiger partial charge in [0.2, 0.25) is 5.91 Å². The van der Waals surface area contributed by atoms with Gasteiger partial charge in [-0.15, -0.1) is 0 Å². The van der Waals surface area contributed by atoms with Gasteiger partial charge in [0.25, 0.3) is 11.6 Å². The van der Waals surface area contributed by atoms with Crippen LogP contribution in [-0.2, 0) is 4.79 Å². The molecule has 114 valence electrons. The summed E-state index contributed by atoms with van der Waals surface area (Å²) >= 11 is 0. The van der Waals surface area contributed by atoms with Gasteiger partial charge in [-0.2, -0.15) is 0 Å². The van der Waals surface area contributed by atoms with Gasteiger partial charge in [0.05, 0.1) is 4.92 Å². The molecule has 0 radical (unpaired) electrons. The van der Waals surface area contributed by atoms with E-state index in [9.17, 15) is 19.7 Å². The Morgan fingerprint density at radius 1 is 1.38 bits per heavy atom. The van der Waals surface area contributed by atoms with E-state index >= 15 is 0 Å². The molecule has 0 heterocycles. The molecule has 0 unspecified atom stereocenters. The van der Waals surface area contributed by atoms with Crippen molar-refractivity contribution in [3.8, 4) is 0 Å². The molecule has 1 rings (SSSR count). The smallest absolute Gasteiger partial charge is 0.272 e. The zero-order valence-corrected chi connectivity index (χ0v) is 12.3. The summed E-state index contributed by atoms with van der Waals surface area (Å²) in [6, 6.07) is 3.42. The van der Waals surface area contributed by atoms with Crippen LogP contribution >= 0.6 is 0 Å². The quantitative estimate of drug-likeness (QED) is 0.613. The number of aryl methyl sites for hydroxylation is 1. The third-order valence-electron chi connectivity index (χ3n) is 2.95. The van der Waals surface area contributed by atoms with Crippen molar-refractivity contribution in [1.29, 1.82) is 0 Å². The Morgan fingerprint density at radius 3 is 2.57 bits per heavy atom. The van der Waals surface area contributed by atoms with Gasteiger partial charge in [-0.05, 0) is 32.4 Å². The number of nitrogens with zero attached hydrogens (tertiary/aromatic N) is 1. The van der Waals surface area contributed by atoms with Crippen molar-refractivity contribution < 1.29 is 14.5 Å². The highest BCUT2D eigenvalue weighted by Crippen LogP contribution is 2.18. The molecule has 0 saturated carbocycles. The van der Waals surface area contributed by atoms with Gasteiger partial charge in [-0.25, -0.2) is 0 Å². The average molecular weight is 293 g/mol. The molecular formula is C14H19N3O4. The molecule has 7 nitrogen and oxygen atoms in total. The molecule has 0 aliphatic rings. The topological polar surface area (TPSA) is 101 Å². The first-order chi connectivity index (χ1) is 9.86. The van der Waals surface area contributed by atoms with Gasteiger partial charge >= 0.3 is 0 Å². The maximum Gasteiger partial charge on any atom is 0.272 e. The van der Waals surface area contributed by atoms with Crippen molar-refractivity contribution in [1.82, 2.24) is 10.6 Å². The van der Waals surface area contributed by atoms with Gasteiger partial charge < -0.3 is 10.6 Å². The van der Waals surface area contributed by atoms with Crippen LogP contribution in [0.15, 0.2) is 18.2 Å². The lowest BCUT2D eigenvalue weighted by molar-refractivity contribution is -0.385. The molecule has 1 aromatic carbocycles. The molecule has 0 fully saturated rings. The van der Waals surface area contributed by atoms with E-state index in [1.807, 2.05) is 6.92 Å². The fourth-order valence-electron chi connectivity index (χ4n) is 1.75. The van der Waals surface area contributed by atoms with Gasteiger partial charge in [0.1, 0.15) is 6.04 Å². The zero-order chi connectivity index (χ0) is 16.0. The van der Waals surface area contributed by atoms with Crippen LogP contribution in [-0.4, -0.2) is 29.3 Å². The van der Waals surface area contributed by atoms with E-state index in [0.717, 1.165) is 6.42 Å². The molecule has 0 aliphatic heterocycles. The molecule has 0 aromatic heterocycles. The largest absolute Gasteiger partial charge is 0.354 e. The van der Waals surface area contributed by atoms with Crippen LogP contribution in [0.1, 0.15) is 36.2 Å². The third-order valence-corrected chi connectivity index (χ3v) is 2.95. The second-order valence-electron chi connectivity index (χ2n) is 4.74. The Hall–Kier alpha value is -2.44. The first kappa shape index (κ1) is 16.6. The molecule has 2 amide bonds. The average Bonchev–Trinajstić information content (AvgIpc) is 2.43. The Labute approximate surface area is 122 Å². The number of carbonyl (C=O) groups is 2. The Balaban J connectivity index is 2.74. The van der Waals surface area contributed by atoms with Crippen molar-refractivity contribution in [2.24, 2.45) is 0 Å². The number of carbonyl (C=O) groups excluding carboxylic acids is 2. The lowest BCUT2D eigenvalue weighted by Crippen LogP contribution is -2.45. The van der Waals surface area contributed by atoms with Crippen LogP contribution in [0, 0.1) is 17.0 Å². The maximum absolute atomic E-state index is 12.0. The second-order valence-corrected chi connectivity index (χ2v) is 4.74. The highest BCUT2D eigenvalue weighted by Gasteiger charge is 2.18. The van der Waals surface area contributed by atoms with Crippen molar-refractivity contribution in [3.63, 3.8) is 0 Å². The highest BCUT2D eigenvalue weighted by atomic mass is 16.6. The van der Waals surface area contributed by atoms with Crippen LogP contribution in [0.5, 0.6) is 0 Å². The first-order valence-corrected chi connectivity index (χ1v) is 6.70. The number of benzene rings is 1. The summed E-state index contributed by atoms with van der Waals surface area (Å²) in [5.41, 5.74) is 0.643. The minimum atomic E-state index is -0.667. The predicted octanol–water partition coefficient (Wildman–Crippen LogP) is 1.55. The van der Waals surface area contributed by atoms with Crippen molar-refractivity contribution in [2.45, 2.75) is 33.2 Å². The highest BCUT2D eigenvalue weighted by molar-refractivity contribution is 5.97. The van der Waals surface area contributed by atoms with Gasteiger partial charge in [-0.3, -0.25) is 19.7 Å². The van der Waals surface area contributed by atoms with E-state index in [4.69, 9.17) is 0 Å². The summed E-state index contributed by atoms with van der Waals surface area (Å²) in [6.07, 6.45) is 0.813. The molecule has 2 N–H and O–H groups in total. The molecule has 1 atom stereocenters. The van der Waals surface area contributed by atoms with E-state index in [1.165, 1.54) is 18.2 Å². The summed E-state index contributed by atoms with van der Waals surface area (Å²) in [5, 5.41) is 16.0. The standard InChI is InChI=1S/C14H19N3O4/c1-4-7-15-13(18)10(3)16-14(19)11-5-6-12(17(20)21)9(2)8-11/h5-6,8,10H,4,7H2,1-3H3,(H,15,18)(H,16,19)/t10-/m0/s1. The van der Waals surface area contributed by atoms with Crippen molar-refractivity contribution in [3.05, 3.63) is 39.4 Å². The molecule has 1 aromatic rings. The summed E-state index contributed by atoms with van der Waals surface area (Å²) in [7, 11) is 0. The number of rotatable bonds is 6. The minimum absolute atomic E-state index is 0.0414. The summed E-state index contributed by atoms with van der Waals surface area (Å²) in [5.74, 6) is -0.698. The number of amides is 2. The number of hydrogen-bond acceptors (Lipinski definition) is 4. The molecule has 0 spiro atoms. The van der Waals surface area contributed by atoms with E-state index in [-0.39, 0.29) is 17.2 Å².